The number of aromatic nitrogens is 2. The molecule has 1 N–H and O–H groups in total. The highest BCUT2D eigenvalue weighted by atomic mass is 16.5. The van der Waals surface area contributed by atoms with Gasteiger partial charge in [0.2, 0.25) is 17.6 Å². The van der Waals surface area contributed by atoms with Gasteiger partial charge in [0.15, 0.2) is 5.76 Å². The van der Waals surface area contributed by atoms with Gasteiger partial charge in [-0.2, -0.15) is 4.98 Å². The third-order valence-corrected chi connectivity index (χ3v) is 4.45. The van der Waals surface area contributed by atoms with Gasteiger partial charge in [0.1, 0.15) is 0 Å². The van der Waals surface area contributed by atoms with E-state index in [1.54, 1.807) is 42.7 Å². The van der Waals surface area contributed by atoms with Crippen molar-refractivity contribution in [1.29, 1.82) is 0 Å². The number of nitrogens with zero attached hydrogens (tertiary/aromatic N) is 3. The number of amides is 1. The Hall–Kier alpha value is -3.46. The third kappa shape index (κ3) is 3.79. The van der Waals surface area contributed by atoms with Crippen LogP contribution in [0.4, 0.5) is 5.69 Å². The summed E-state index contributed by atoms with van der Waals surface area (Å²) in [6, 6.07) is 10.1. The van der Waals surface area contributed by atoms with E-state index in [0.29, 0.717) is 41.8 Å². The van der Waals surface area contributed by atoms with Gasteiger partial charge in [-0.25, -0.2) is 4.79 Å². The summed E-state index contributed by atoms with van der Waals surface area (Å²) in [7, 11) is 1.32. The van der Waals surface area contributed by atoms with E-state index in [1.807, 2.05) is 4.90 Å². The van der Waals surface area contributed by atoms with Gasteiger partial charge in [-0.3, -0.25) is 9.69 Å². The minimum atomic E-state index is -0.416. The zero-order valence-corrected chi connectivity index (χ0v) is 15.1. The molecule has 144 valence electrons. The number of anilines is 1. The first-order valence-electron chi connectivity index (χ1n) is 8.70. The van der Waals surface area contributed by atoms with E-state index in [-0.39, 0.29) is 18.4 Å². The molecule has 1 fully saturated rings. The number of hydrogen-bond donors (Lipinski definition) is 1. The lowest BCUT2D eigenvalue weighted by atomic mass is 10.0. The molecule has 1 saturated heterocycles. The van der Waals surface area contributed by atoms with Crippen LogP contribution in [-0.2, 0) is 9.53 Å². The van der Waals surface area contributed by atoms with Gasteiger partial charge in [0.05, 0.1) is 31.4 Å². The van der Waals surface area contributed by atoms with Crippen molar-refractivity contribution in [3.63, 3.8) is 0 Å². The van der Waals surface area contributed by atoms with Crippen LogP contribution < -0.4 is 5.32 Å². The summed E-state index contributed by atoms with van der Waals surface area (Å²) in [5.41, 5.74) is 1.05. The molecule has 1 aromatic carbocycles. The van der Waals surface area contributed by atoms with Crippen molar-refractivity contribution in [2.24, 2.45) is 0 Å². The van der Waals surface area contributed by atoms with Crippen LogP contribution in [0.15, 0.2) is 51.6 Å². The first kappa shape index (κ1) is 17.9. The van der Waals surface area contributed by atoms with Crippen LogP contribution in [0, 0.1) is 0 Å². The normalized spacial score (nSPS) is 14.5. The standard InChI is InChI=1S/C19H18N4O5/c1-26-19(25)12-4-6-14(7-5-12)20-16(24)11-23-9-13(10-23)18-21-17(22-28-18)15-3-2-8-27-15/h2-8,13H,9-11H2,1H3,(H,20,24). The Bertz CT molecular complexity index is 959. The Morgan fingerprint density at radius 1 is 1.25 bits per heavy atom. The van der Waals surface area contributed by atoms with E-state index < -0.39 is 5.97 Å². The summed E-state index contributed by atoms with van der Waals surface area (Å²) < 4.78 is 15.2. The molecule has 28 heavy (non-hydrogen) atoms. The number of furan rings is 1. The molecule has 0 saturated carbocycles. The average molecular weight is 382 g/mol. The quantitative estimate of drug-likeness (QED) is 0.646. The lowest BCUT2D eigenvalue weighted by Crippen LogP contribution is -2.48. The van der Waals surface area contributed by atoms with Gasteiger partial charge < -0.3 is 19.0 Å². The molecule has 0 spiro atoms. The Balaban J connectivity index is 1.25. The molecule has 0 bridgehead atoms. The summed E-state index contributed by atoms with van der Waals surface area (Å²) in [6.45, 7) is 1.58. The van der Waals surface area contributed by atoms with Gasteiger partial charge in [-0.05, 0) is 36.4 Å². The van der Waals surface area contributed by atoms with E-state index in [1.165, 1.54) is 7.11 Å². The van der Waals surface area contributed by atoms with Crippen molar-refractivity contribution >= 4 is 17.6 Å². The lowest BCUT2D eigenvalue weighted by Gasteiger charge is -2.36. The van der Waals surface area contributed by atoms with E-state index in [2.05, 4.69) is 20.2 Å². The zero-order chi connectivity index (χ0) is 19.5. The van der Waals surface area contributed by atoms with Gasteiger partial charge >= 0.3 is 5.97 Å². The van der Waals surface area contributed by atoms with Gasteiger partial charge in [0.25, 0.3) is 0 Å². The number of ether oxygens (including phenoxy) is 1. The van der Waals surface area contributed by atoms with Crippen LogP contribution in [-0.4, -0.2) is 53.7 Å². The van der Waals surface area contributed by atoms with Crippen LogP contribution in [0.5, 0.6) is 0 Å². The largest absolute Gasteiger partial charge is 0.465 e. The lowest BCUT2D eigenvalue weighted by molar-refractivity contribution is -0.118. The highest BCUT2D eigenvalue weighted by Gasteiger charge is 2.33. The molecule has 0 unspecified atom stereocenters. The number of methoxy groups -OCH3 is 1. The fraction of sp³-hybridized carbons (Fsp3) is 0.263. The Kier molecular flexibility index (Phi) is 4.90. The number of nitrogens with one attached hydrogen (secondary N) is 1. The van der Waals surface area contributed by atoms with Crippen LogP contribution in [0.1, 0.15) is 22.2 Å². The zero-order valence-electron chi connectivity index (χ0n) is 15.1. The second kappa shape index (κ2) is 7.65. The topological polar surface area (TPSA) is 111 Å². The third-order valence-electron chi connectivity index (χ3n) is 4.45. The number of esters is 1. The Morgan fingerprint density at radius 2 is 2.04 bits per heavy atom. The number of hydrogen-bond acceptors (Lipinski definition) is 8. The van der Waals surface area contributed by atoms with Crippen molar-refractivity contribution in [1.82, 2.24) is 15.0 Å². The van der Waals surface area contributed by atoms with E-state index in [0.717, 1.165) is 0 Å². The molecule has 0 radical (unpaired) electrons. The molecule has 0 atom stereocenters. The summed E-state index contributed by atoms with van der Waals surface area (Å²) in [5.74, 6) is 1.08. The van der Waals surface area contributed by atoms with Crippen molar-refractivity contribution in [3.8, 4) is 11.6 Å². The fourth-order valence-electron chi connectivity index (χ4n) is 2.97. The van der Waals surface area contributed by atoms with E-state index in [9.17, 15) is 9.59 Å². The maximum absolute atomic E-state index is 12.2. The number of rotatable bonds is 6. The van der Waals surface area contributed by atoms with Crippen LogP contribution in [0.25, 0.3) is 11.6 Å². The average Bonchev–Trinajstić information content (AvgIpc) is 3.35. The Morgan fingerprint density at radius 3 is 2.71 bits per heavy atom. The molecule has 1 aliphatic heterocycles. The fourth-order valence-corrected chi connectivity index (χ4v) is 2.97. The highest BCUT2D eigenvalue weighted by molar-refractivity contribution is 5.94. The van der Waals surface area contributed by atoms with E-state index in [4.69, 9.17) is 8.94 Å². The predicted molar refractivity (Wildman–Crippen MR) is 97.6 cm³/mol. The molecular weight excluding hydrogens is 364 g/mol. The van der Waals surface area contributed by atoms with Crippen molar-refractivity contribution in [3.05, 3.63) is 54.1 Å². The minimum absolute atomic E-state index is 0.100. The van der Waals surface area contributed by atoms with Crippen molar-refractivity contribution in [2.75, 3.05) is 32.1 Å². The van der Waals surface area contributed by atoms with Gasteiger partial charge in [-0.1, -0.05) is 5.16 Å². The number of benzene rings is 1. The second-order valence-corrected chi connectivity index (χ2v) is 6.44. The highest BCUT2D eigenvalue weighted by Crippen LogP contribution is 2.27. The summed E-state index contributed by atoms with van der Waals surface area (Å²) >= 11 is 0. The van der Waals surface area contributed by atoms with Crippen LogP contribution >= 0.6 is 0 Å². The van der Waals surface area contributed by atoms with Crippen molar-refractivity contribution < 1.29 is 23.3 Å². The predicted octanol–water partition coefficient (Wildman–Crippen LogP) is 2.15. The molecule has 3 heterocycles. The second-order valence-electron chi connectivity index (χ2n) is 6.44. The van der Waals surface area contributed by atoms with Gasteiger partial charge in [0, 0.05) is 18.8 Å². The van der Waals surface area contributed by atoms with E-state index >= 15 is 0 Å². The SMILES string of the molecule is COC(=O)c1ccc(NC(=O)CN2CC(c3nc(-c4ccco4)no3)C2)cc1. The Labute approximate surface area is 160 Å². The first-order chi connectivity index (χ1) is 13.6. The molecule has 3 aromatic rings. The molecule has 1 aliphatic rings. The molecule has 4 rings (SSSR count). The number of carbonyl (C=O) groups is 2. The summed E-state index contributed by atoms with van der Waals surface area (Å²) in [6.07, 6.45) is 1.55. The van der Waals surface area contributed by atoms with Gasteiger partial charge in [-0.15, -0.1) is 0 Å². The number of likely N-dealkylation sites (tertiary alicyclic amines) is 1. The molecular formula is C19H18N4O5. The maximum atomic E-state index is 12.2. The summed E-state index contributed by atoms with van der Waals surface area (Å²) in [5, 5.41) is 6.72. The molecule has 9 heteroatoms. The number of carbonyl (C=O) groups excluding carboxylic acids is 2. The maximum Gasteiger partial charge on any atom is 0.337 e. The molecule has 0 aliphatic carbocycles. The van der Waals surface area contributed by atoms with Crippen LogP contribution in [0.2, 0.25) is 0 Å². The molecule has 1 amide bonds. The molecule has 9 nitrogen and oxygen atoms in total. The van der Waals surface area contributed by atoms with Crippen molar-refractivity contribution in [2.45, 2.75) is 5.92 Å². The first-order valence-corrected chi connectivity index (χ1v) is 8.70. The monoisotopic (exact) mass is 382 g/mol. The minimum Gasteiger partial charge on any atom is -0.465 e. The van der Waals surface area contributed by atoms with Crippen LogP contribution in [0.3, 0.4) is 0 Å². The summed E-state index contributed by atoms with van der Waals surface area (Å²) in [4.78, 5) is 29.9. The molecule has 2 aromatic heterocycles. The smallest absolute Gasteiger partial charge is 0.337 e.